The molecule has 0 atom stereocenters. The van der Waals surface area contributed by atoms with Gasteiger partial charge in [-0.1, -0.05) is 23.4 Å². The van der Waals surface area contributed by atoms with Crippen molar-refractivity contribution in [1.29, 1.82) is 0 Å². The lowest BCUT2D eigenvalue weighted by molar-refractivity contribution is 0.322. The fourth-order valence-corrected chi connectivity index (χ4v) is 3.83. The molecule has 1 aromatic carbocycles. The van der Waals surface area contributed by atoms with E-state index >= 15 is 0 Å². The summed E-state index contributed by atoms with van der Waals surface area (Å²) in [5.41, 5.74) is 7.74. The standard InChI is InChI=1S/C19H18BrClN4O4/c1-27-12-7-11(14(20)16(29-3)15(12)28-2)9-25-8-10(5-4-6-26)13-17(21)23-19(22)24-18(13)25/h7-8,26H,6,9H2,1-3H3,(H2,22,23,24). The highest BCUT2D eigenvalue weighted by Gasteiger charge is 2.21. The average molecular weight is 482 g/mol. The molecule has 3 rings (SSSR count). The van der Waals surface area contributed by atoms with Gasteiger partial charge in [-0.2, -0.15) is 4.98 Å². The fraction of sp³-hybridized carbons (Fsp3) is 0.263. The Morgan fingerprint density at radius 3 is 2.55 bits per heavy atom. The van der Waals surface area contributed by atoms with Crippen LogP contribution < -0.4 is 19.9 Å². The third-order valence-electron chi connectivity index (χ3n) is 4.18. The van der Waals surface area contributed by atoms with Crippen LogP contribution in [0.5, 0.6) is 17.2 Å². The van der Waals surface area contributed by atoms with Crippen molar-refractivity contribution in [2.75, 3.05) is 33.7 Å². The molecule has 29 heavy (non-hydrogen) atoms. The number of benzene rings is 1. The first-order valence-electron chi connectivity index (χ1n) is 8.34. The van der Waals surface area contributed by atoms with E-state index in [4.69, 9.17) is 36.7 Å². The lowest BCUT2D eigenvalue weighted by atomic mass is 10.1. The molecular formula is C19H18BrClN4O4. The second-order valence-electron chi connectivity index (χ2n) is 5.82. The van der Waals surface area contributed by atoms with Crippen molar-refractivity contribution < 1.29 is 19.3 Å². The largest absolute Gasteiger partial charge is 0.493 e. The van der Waals surface area contributed by atoms with Crippen LogP contribution in [0.4, 0.5) is 5.95 Å². The summed E-state index contributed by atoms with van der Waals surface area (Å²) < 4.78 is 18.9. The lowest BCUT2D eigenvalue weighted by Crippen LogP contribution is -2.05. The number of nitrogens with two attached hydrogens (primary N) is 1. The normalized spacial score (nSPS) is 10.6. The van der Waals surface area contributed by atoms with Crippen molar-refractivity contribution >= 4 is 44.5 Å². The van der Waals surface area contributed by atoms with Gasteiger partial charge in [-0.25, -0.2) is 4.98 Å². The summed E-state index contributed by atoms with van der Waals surface area (Å²) >= 11 is 9.87. The topological polar surface area (TPSA) is 105 Å². The minimum absolute atomic E-state index is 0.0486. The van der Waals surface area contributed by atoms with Crippen molar-refractivity contribution in [3.8, 4) is 29.1 Å². The Kier molecular flexibility index (Phi) is 6.37. The average Bonchev–Trinajstić information content (AvgIpc) is 3.04. The number of nitrogens with zero attached hydrogens (tertiary/aromatic N) is 3. The Balaban J connectivity index is 2.21. The molecule has 2 heterocycles. The maximum absolute atomic E-state index is 9.05. The molecule has 0 saturated carbocycles. The van der Waals surface area contributed by atoms with Gasteiger partial charge in [0.15, 0.2) is 11.5 Å². The van der Waals surface area contributed by atoms with Crippen LogP contribution in [-0.4, -0.2) is 47.6 Å². The molecule has 0 unspecified atom stereocenters. The van der Waals surface area contributed by atoms with Gasteiger partial charge in [-0.3, -0.25) is 0 Å². The van der Waals surface area contributed by atoms with E-state index in [-0.39, 0.29) is 17.7 Å². The van der Waals surface area contributed by atoms with Crippen molar-refractivity contribution in [1.82, 2.24) is 14.5 Å². The van der Waals surface area contributed by atoms with E-state index in [1.807, 2.05) is 10.6 Å². The van der Waals surface area contributed by atoms with Crippen molar-refractivity contribution in [3.63, 3.8) is 0 Å². The van der Waals surface area contributed by atoms with Gasteiger partial charge in [0.25, 0.3) is 0 Å². The van der Waals surface area contributed by atoms with Crippen LogP contribution in [0.25, 0.3) is 11.0 Å². The second kappa shape index (κ2) is 8.78. The number of hydrogen-bond acceptors (Lipinski definition) is 7. The van der Waals surface area contributed by atoms with Gasteiger partial charge in [0.2, 0.25) is 11.7 Å². The Morgan fingerprint density at radius 1 is 1.21 bits per heavy atom. The van der Waals surface area contributed by atoms with Crippen LogP contribution in [-0.2, 0) is 6.54 Å². The molecule has 10 heteroatoms. The highest BCUT2D eigenvalue weighted by Crippen LogP contribution is 2.45. The lowest BCUT2D eigenvalue weighted by Gasteiger charge is -2.17. The maximum Gasteiger partial charge on any atom is 0.223 e. The van der Waals surface area contributed by atoms with E-state index in [0.717, 1.165) is 5.56 Å². The number of halogens is 2. The van der Waals surface area contributed by atoms with E-state index in [2.05, 4.69) is 37.7 Å². The van der Waals surface area contributed by atoms with Gasteiger partial charge in [-0.05, 0) is 27.6 Å². The number of ether oxygens (including phenoxy) is 3. The number of hydrogen-bond donors (Lipinski definition) is 2. The Morgan fingerprint density at radius 2 is 1.93 bits per heavy atom. The minimum Gasteiger partial charge on any atom is -0.493 e. The molecule has 2 aromatic heterocycles. The first-order valence-corrected chi connectivity index (χ1v) is 9.51. The maximum atomic E-state index is 9.05. The van der Waals surface area contributed by atoms with Crippen molar-refractivity contribution in [2.45, 2.75) is 6.54 Å². The van der Waals surface area contributed by atoms with Gasteiger partial charge in [0, 0.05) is 6.20 Å². The first kappa shape index (κ1) is 21.0. The predicted molar refractivity (Wildman–Crippen MR) is 114 cm³/mol. The van der Waals surface area contributed by atoms with E-state index in [1.165, 1.54) is 0 Å². The summed E-state index contributed by atoms with van der Waals surface area (Å²) in [5, 5.41) is 9.80. The van der Waals surface area contributed by atoms with Gasteiger partial charge >= 0.3 is 0 Å². The zero-order valence-electron chi connectivity index (χ0n) is 15.9. The summed E-state index contributed by atoms with van der Waals surface area (Å²) in [6.45, 7) is 0.0972. The van der Waals surface area contributed by atoms with Gasteiger partial charge in [-0.15, -0.1) is 0 Å². The molecule has 0 aliphatic carbocycles. The van der Waals surface area contributed by atoms with Gasteiger partial charge < -0.3 is 29.6 Å². The molecule has 152 valence electrons. The fourth-order valence-electron chi connectivity index (χ4n) is 2.98. The summed E-state index contributed by atoms with van der Waals surface area (Å²) in [6, 6.07) is 1.84. The van der Waals surface area contributed by atoms with Crippen LogP contribution in [0.3, 0.4) is 0 Å². The molecule has 3 aromatic rings. The molecule has 0 spiro atoms. The third kappa shape index (κ3) is 3.92. The Hall–Kier alpha value is -2.67. The van der Waals surface area contributed by atoms with Crippen molar-refractivity contribution in [3.05, 3.63) is 33.0 Å². The Labute approximate surface area is 180 Å². The monoisotopic (exact) mass is 480 g/mol. The Bertz CT molecular complexity index is 1140. The molecule has 0 amide bonds. The molecule has 0 bridgehead atoms. The molecule has 8 nitrogen and oxygen atoms in total. The number of fused-ring (bicyclic) bond motifs is 1. The molecule has 0 fully saturated rings. The van der Waals surface area contributed by atoms with E-state index in [9.17, 15) is 0 Å². The molecule has 0 aliphatic heterocycles. The number of anilines is 1. The van der Waals surface area contributed by atoms with Crippen LogP contribution in [0.2, 0.25) is 5.15 Å². The van der Waals surface area contributed by atoms with Crippen LogP contribution in [0.1, 0.15) is 11.1 Å². The minimum atomic E-state index is -0.279. The number of rotatable bonds is 5. The molecular weight excluding hydrogens is 464 g/mol. The summed E-state index contributed by atoms with van der Waals surface area (Å²) in [7, 11) is 4.64. The van der Waals surface area contributed by atoms with Crippen molar-refractivity contribution in [2.24, 2.45) is 0 Å². The van der Waals surface area contributed by atoms with Gasteiger partial charge in [0.1, 0.15) is 17.4 Å². The molecule has 0 aliphatic rings. The summed E-state index contributed by atoms with van der Waals surface area (Å²) in [4.78, 5) is 8.33. The zero-order chi connectivity index (χ0) is 21.1. The number of aliphatic hydroxyl groups excluding tert-OH is 1. The predicted octanol–water partition coefficient (Wildman–Crippen LogP) is 2.85. The molecule has 0 radical (unpaired) electrons. The zero-order valence-corrected chi connectivity index (χ0v) is 18.3. The van der Waals surface area contributed by atoms with E-state index < -0.39 is 0 Å². The summed E-state index contributed by atoms with van der Waals surface area (Å²) in [5.74, 6) is 7.05. The van der Waals surface area contributed by atoms with Gasteiger partial charge in [0.05, 0.1) is 43.3 Å². The van der Waals surface area contributed by atoms with E-state index in [0.29, 0.717) is 44.9 Å². The third-order valence-corrected chi connectivity index (χ3v) is 5.32. The molecule has 3 N–H and O–H groups in total. The highest BCUT2D eigenvalue weighted by molar-refractivity contribution is 9.10. The smallest absolute Gasteiger partial charge is 0.223 e. The number of aromatic nitrogens is 3. The van der Waals surface area contributed by atoms with E-state index in [1.54, 1.807) is 27.5 Å². The molecule has 0 saturated heterocycles. The number of aliphatic hydroxyl groups is 1. The quantitative estimate of drug-likeness (QED) is 0.426. The van der Waals surface area contributed by atoms with Crippen LogP contribution in [0, 0.1) is 11.8 Å². The van der Waals surface area contributed by atoms with Crippen LogP contribution in [0.15, 0.2) is 16.7 Å². The number of methoxy groups -OCH3 is 3. The number of nitrogen functional groups attached to an aromatic ring is 1. The van der Waals surface area contributed by atoms with Crippen LogP contribution >= 0.6 is 27.5 Å². The SMILES string of the molecule is COc1cc(Cn2cc(C#CCO)c3c(Cl)nc(N)nc32)c(Br)c(OC)c1OC. The highest BCUT2D eigenvalue weighted by atomic mass is 79.9. The second-order valence-corrected chi connectivity index (χ2v) is 6.97. The first-order chi connectivity index (χ1) is 13.9. The summed E-state index contributed by atoms with van der Waals surface area (Å²) in [6.07, 6.45) is 1.78.